The lowest BCUT2D eigenvalue weighted by Gasteiger charge is -2.32. The van der Waals surface area contributed by atoms with Crippen LogP contribution in [0.25, 0.3) is 0 Å². The molecule has 1 aliphatic heterocycles. The second kappa shape index (κ2) is 7.91. The number of anilines is 2. The molecule has 0 saturated carbocycles. The van der Waals surface area contributed by atoms with Gasteiger partial charge >= 0.3 is 0 Å². The monoisotopic (exact) mass is 358 g/mol. The van der Waals surface area contributed by atoms with Crippen molar-refractivity contribution in [2.75, 3.05) is 28.5 Å². The summed E-state index contributed by atoms with van der Waals surface area (Å²) in [6, 6.07) is 17.4. The number of hydrogen-bond donors (Lipinski definition) is 1. The van der Waals surface area contributed by atoms with Crippen molar-refractivity contribution in [3.63, 3.8) is 0 Å². The predicted molar refractivity (Wildman–Crippen MR) is 105 cm³/mol. The topological polar surface area (TPSA) is 49.4 Å². The maximum atomic E-state index is 12.3. The molecule has 1 heterocycles. The molecule has 1 fully saturated rings. The Hall–Kier alpha value is -2.01. The fourth-order valence-electron chi connectivity index (χ4n) is 3.29. The van der Waals surface area contributed by atoms with Gasteiger partial charge in [0, 0.05) is 24.5 Å². The summed E-state index contributed by atoms with van der Waals surface area (Å²) >= 11 is 0. The molecular weight excluding hydrogens is 332 g/mol. The van der Waals surface area contributed by atoms with Crippen molar-refractivity contribution in [2.24, 2.45) is 5.92 Å². The van der Waals surface area contributed by atoms with Crippen LogP contribution < -0.4 is 9.62 Å². The Morgan fingerprint density at radius 1 is 1.08 bits per heavy atom. The van der Waals surface area contributed by atoms with Gasteiger partial charge in [0.05, 0.1) is 5.75 Å². The van der Waals surface area contributed by atoms with Gasteiger partial charge < -0.3 is 4.90 Å². The average molecular weight is 359 g/mol. The molecule has 25 heavy (non-hydrogen) atoms. The van der Waals surface area contributed by atoms with Gasteiger partial charge in [0.2, 0.25) is 10.0 Å². The minimum absolute atomic E-state index is 0.0857. The van der Waals surface area contributed by atoms with Crippen LogP contribution in [0.15, 0.2) is 54.6 Å². The first-order chi connectivity index (χ1) is 12.0. The van der Waals surface area contributed by atoms with Crippen LogP contribution in [0.3, 0.4) is 0 Å². The van der Waals surface area contributed by atoms with Crippen LogP contribution in [0.5, 0.6) is 0 Å². The van der Waals surface area contributed by atoms with Gasteiger partial charge in [-0.2, -0.15) is 0 Å². The quantitative estimate of drug-likeness (QED) is 0.852. The number of piperidine rings is 1. The van der Waals surface area contributed by atoms with Gasteiger partial charge in [0.15, 0.2) is 0 Å². The minimum Gasteiger partial charge on any atom is -0.371 e. The number of aryl methyl sites for hydroxylation is 1. The summed E-state index contributed by atoms with van der Waals surface area (Å²) < 4.78 is 27.2. The number of benzene rings is 2. The van der Waals surface area contributed by atoms with Gasteiger partial charge in [-0.15, -0.1) is 0 Å². The molecule has 0 bridgehead atoms. The molecule has 1 saturated heterocycles. The smallest absolute Gasteiger partial charge is 0.233 e. The van der Waals surface area contributed by atoms with E-state index in [2.05, 4.69) is 16.5 Å². The molecule has 2 aromatic rings. The molecule has 1 N–H and O–H groups in total. The summed E-state index contributed by atoms with van der Waals surface area (Å²) in [6.45, 7) is 4.43. The normalized spacial score (nSPS) is 18.1. The molecule has 134 valence electrons. The van der Waals surface area contributed by atoms with E-state index in [4.69, 9.17) is 0 Å². The molecule has 0 aliphatic carbocycles. The van der Waals surface area contributed by atoms with Gasteiger partial charge in [-0.3, -0.25) is 4.72 Å². The van der Waals surface area contributed by atoms with E-state index in [-0.39, 0.29) is 5.75 Å². The number of hydrogen-bond acceptors (Lipinski definition) is 3. The highest BCUT2D eigenvalue weighted by Gasteiger charge is 2.17. The zero-order chi connectivity index (χ0) is 17.7. The Morgan fingerprint density at radius 2 is 1.80 bits per heavy atom. The highest BCUT2D eigenvalue weighted by molar-refractivity contribution is 7.92. The summed E-state index contributed by atoms with van der Waals surface area (Å²) in [5.74, 6) is 0.799. The first-order valence-electron chi connectivity index (χ1n) is 8.91. The molecule has 5 heteroatoms. The Balaban J connectivity index is 1.58. The van der Waals surface area contributed by atoms with Crippen molar-refractivity contribution in [2.45, 2.75) is 26.2 Å². The van der Waals surface area contributed by atoms with E-state index in [0.29, 0.717) is 18.0 Å². The minimum atomic E-state index is -3.34. The molecule has 4 nitrogen and oxygen atoms in total. The van der Waals surface area contributed by atoms with E-state index >= 15 is 0 Å². The highest BCUT2D eigenvalue weighted by atomic mass is 32.2. The lowest BCUT2D eigenvalue weighted by atomic mass is 10.00. The Labute approximate surface area is 150 Å². The average Bonchev–Trinajstić information content (AvgIpc) is 2.61. The van der Waals surface area contributed by atoms with Crippen molar-refractivity contribution in [1.29, 1.82) is 0 Å². The fourth-order valence-corrected chi connectivity index (χ4v) is 4.39. The second-order valence-corrected chi connectivity index (χ2v) is 8.74. The molecule has 0 radical (unpaired) electrons. The summed E-state index contributed by atoms with van der Waals surface area (Å²) in [6.07, 6.45) is 3.02. The molecule has 1 unspecified atom stereocenters. The van der Waals surface area contributed by atoms with Crippen LogP contribution in [-0.2, 0) is 16.4 Å². The number of rotatable bonds is 6. The largest absolute Gasteiger partial charge is 0.371 e. The summed E-state index contributed by atoms with van der Waals surface area (Å²) in [7, 11) is -3.34. The fraction of sp³-hybridized carbons (Fsp3) is 0.400. The van der Waals surface area contributed by atoms with Crippen molar-refractivity contribution >= 4 is 21.4 Å². The number of nitrogens with one attached hydrogen (secondary N) is 1. The summed E-state index contributed by atoms with van der Waals surface area (Å²) in [5.41, 5.74) is 2.82. The van der Waals surface area contributed by atoms with E-state index in [0.717, 1.165) is 18.7 Å². The van der Waals surface area contributed by atoms with Crippen LogP contribution in [-0.4, -0.2) is 27.3 Å². The molecular formula is C20H26N2O2S. The first kappa shape index (κ1) is 17.8. The zero-order valence-corrected chi connectivity index (χ0v) is 15.5. The third-order valence-electron chi connectivity index (χ3n) is 4.67. The second-order valence-electron chi connectivity index (χ2n) is 6.90. The van der Waals surface area contributed by atoms with Crippen molar-refractivity contribution < 1.29 is 8.42 Å². The maximum absolute atomic E-state index is 12.3. The van der Waals surface area contributed by atoms with Gasteiger partial charge in [-0.1, -0.05) is 37.3 Å². The van der Waals surface area contributed by atoms with Crippen LogP contribution in [0.2, 0.25) is 0 Å². The Kier molecular flexibility index (Phi) is 5.63. The van der Waals surface area contributed by atoms with Crippen molar-refractivity contribution in [3.05, 3.63) is 60.2 Å². The third kappa shape index (κ3) is 5.23. The Bertz CT molecular complexity index is 773. The Morgan fingerprint density at radius 3 is 2.48 bits per heavy atom. The summed E-state index contributed by atoms with van der Waals surface area (Å²) in [4.78, 5) is 2.38. The molecule has 3 rings (SSSR count). The molecule has 0 amide bonds. The van der Waals surface area contributed by atoms with Crippen LogP contribution in [0.1, 0.15) is 25.3 Å². The van der Waals surface area contributed by atoms with Gasteiger partial charge in [-0.25, -0.2) is 8.42 Å². The molecule has 2 aromatic carbocycles. The SMILES string of the molecule is CC1CCCN(c2ccc(NS(=O)(=O)CCc3ccccc3)cc2)C1. The van der Waals surface area contributed by atoms with Gasteiger partial charge in [0.1, 0.15) is 0 Å². The highest BCUT2D eigenvalue weighted by Crippen LogP contribution is 2.24. The van der Waals surface area contributed by atoms with E-state index < -0.39 is 10.0 Å². The van der Waals surface area contributed by atoms with Crippen LogP contribution >= 0.6 is 0 Å². The predicted octanol–water partition coefficient (Wildman–Crippen LogP) is 3.91. The first-order valence-corrected chi connectivity index (χ1v) is 10.6. The third-order valence-corrected chi connectivity index (χ3v) is 5.95. The lowest BCUT2D eigenvalue weighted by molar-refractivity contribution is 0.447. The number of nitrogens with zero attached hydrogens (tertiary/aromatic N) is 1. The van der Waals surface area contributed by atoms with Crippen LogP contribution in [0, 0.1) is 5.92 Å². The van der Waals surface area contributed by atoms with E-state index in [1.807, 2.05) is 54.6 Å². The zero-order valence-electron chi connectivity index (χ0n) is 14.7. The molecule has 0 aromatic heterocycles. The van der Waals surface area contributed by atoms with E-state index in [1.54, 1.807) is 0 Å². The maximum Gasteiger partial charge on any atom is 0.233 e. The lowest BCUT2D eigenvalue weighted by Crippen LogP contribution is -2.34. The van der Waals surface area contributed by atoms with Crippen LogP contribution in [0.4, 0.5) is 11.4 Å². The molecule has 1 aliphatic rings. The molecule has 0 spiro atoms. The van der Waals surface area contributed by atoms with Gasteiger partial charge in [0.25, 0.3) is 0 Å². The standard InChI is InChI=1S/C20H26N2O2S/c1-17-6-5-14-22(16-17)20-11-9-19(10-12-20)21-25(23,24)15-13-18-7-3-2-4-8-18/h2-4,7-12,17,21H,5-6,13-16H2,1H3. The number of sulfonamides is 1. The van der Waals surface area contributed by atoms with Crippen molar-refractivity contribution in [3.8, 4) is 0 Å². The van der Waals surface area contributed by atoms with Crippen molar-refractivity contribution in [1.82, 2.24) is 0 Å². The van der Waals surface area contributed by atoms with E-state index in [9.17, 15) is 8.42 Å². The van der Waals surface area contributed by atoms with E-state index in [1.165, 1.54) is 18.5 Å². The molecule has 1 atom stereocenters. The summed E-state index contributed by atoms with van der Waals surface area (Å²) in [5, 5.41) is 0. The van der Waals surface area contributed by atoms with Gasteiger partial charge in [-0.05, 0) is 55.0 Å².